The Balaban J connectivity index is 1.78. The maximum Gasteiger partial charge on any atom is 0.141 e. The first kappa shape index (κ1) is 10.4. The molecular formula is C16H23NO. The van der Waals surface area contributed by atoms with Crippen molar-refractivity contribution in [1.29, 1.82) is 0 Å². The molecule has 0 aromatic carbocycles. The molecule has 0 radical (unpaired) electrons. The average molecular weight is 245 g/mol. The van der Waals surface area contributed by atoms with Crippen molar-refractivity contribution in [1.82, 2.24) is 4.90 Å². The van der Waals surface area contributed by atoms with E-state index < -0.39 is 0 Å². The third-order valence-corrected chi connectivity index (χ3v) is 7.50. The van der Waals surface area contributed by atoms with Crippen molar-refractivity contribution in [2.24, 2.45) is 29.1 Å². The molecule has 3 aliphatic carbocycles. The first-order valence-electron chi connectivity index (χ1n) is 7.97. The van der Waals surface area contributed by atoms with E-state index in [0.717, 1.165) is 30.1 Å². The van der Waals surface area contributed by atoms with Gasteiger partial charge in [-0.15, -0.1) is 0 Å². The van der Waals surface area contributed by atoms with Gasteiger partial charge in [-0.3, -0.25) is 9.69 Å². The van der Waals surface area contributed by atoms with E-state index in [1.54, 1.807) is 0 Å². The fourth-order valence-corrected chi connectivity index (χ4v) is 7.42. The Hall–Kier alpha value is -0.370. The highest BCUT2D eigenvalue weighted by Crippen LogP contribution is 2.74. The second-order valence-corrected chi connectivity index (χ2v) is 7.92. The van der Waals surface area contributed by atoms with Gasteiger partial charge < -0.3 is 0 Å². The van der Waals surface area contributed by atoms with E-state index in [1.807, 2.05) is 0 Å². The highest BCUT2D eigenvalue weighted by atomic mass is 16.1. The van der Waals surface area contributed by atoms with E-state index in [1.165, 1.54) is 45.2 Å². The van der Waals surface area contributed by atoms with Crippen LogP contribution in [-0.4, -0.2) is 29.3 Å². The molecule has 5 rings (SSSR count). The van der Waals surface area contributed by atoms with Crippen LogP contribution in [0.15, 0.2) is 0 Å². The average Bonchev–Trinajstić information content (AvgIpc) is 2.59. The van der Waals surface area contributed by atoms with Crippen LogP contribution in [0.1, 0.15) is 45.4 Å². The molecule has 1 unspecified atom stereocenters. The summed E-state index contributed by atoms with van der Waals surface area (Å²) in [6, 6.07) is 0. The van der Waals surface area contributed by atoms with Crippen molar-refractivity contribution >= 4 is 5.78 Å². The second kappa shape index (κ2) is 2.87. The molecule has 5 aliphatic rings. The van der Waals surface area contributed by atoms with Gasteiger partial charge in [0.15, 0.2) is 0 Å². The third kappa shape index (κ3) is 0.801. The predicted molar refractivity (Wildman–Crippen MR) is 69.1 cm³/mol. The Morgan fingerprint density at radius 2 is 2.22 bits per heavy atom. The van der Waals surface area contributed by atoms with Crippen molar-refractivity contribution in [2.45, 2.75) is 51.0 Å². The Morgan fingerprint density at radius 3 is 3.11 bits per heavy atom. The molecule has 5 fully saturated rings. The molecule has 2 aliphatic heterocycles. The van der Waals surface area contributed by atoms with Crippen LogP contribution in [0.4, 0.5) is 0 Å². The van der Waals surface area contributed by atoms with Crippen LogP contribution in [0, 0.1) is 29.1 Å². The van der Waals surface area contributed by atoms with Gasteiger partial charge in [0.2, 0.25) is 0 Å². The molecule has 0 aromatic rings. The summed E-state index contributed by atoms with van der Waals surface area (Å²) < 4.78 is 0. The minimum Gasteiger partial charge on any atom is -0.299 e. The number of carbonyl (C=O) groups is 1. The lowest BCUT2D eigenvalue weighted by atomic mass is 9.49. The van der Waals surface area contributed by atoms with Crippen molar-refractivity contribution in [3.63, 3.8) is 0 Å². The van der Waals surface area contributed by atoms with E-state index in [2.05, 4.69) is 11.8 Å². The lowest BCUT2D eigenvalue weighted by molar-refractivity contribution is -0.160. The van der Waals surface area contributed by atoms with Crippen molar-refractivity contribution in [3.8, 4) is 0 Å². The molecule has 7 atom stereocenters. The summed E-state index contributed by atoms with van der Waals surface area (Å²) in [4.78, 5) is 15.7. The maximum atomic E-state index is 12.9. The van der Waals surface area contributed by atoms with Gasteiger partial charge in [0.1, 0.15) is 5.78 Å². The topological polar surface area (TPSA) is 20.3 Å². The summed E-state index contributed by atoms with van der Waals surface area (Å²) in [6.07, 6.45) is 7.48. The van der Waals surface area contributed by atoms with Gasteiger partial charge in [-0.2, -0.15) is 0 Å². The van der Waals surface area contributed by atoms with Gasteiger partial charge in [-0.25, -0.2) is 0 Å². The van der Waals surface area contributed by atoms with Crippen molar-refractivity contribution in [3.05, 3.63) is 0 Å². The fourth-order valence-electron chi connectivity index (χ4n) is 7.42. The highest BCUT2D eigenvalue weighted by molar-refractivity contribution is 5.90. The molecule has 1 spiro atoms. The maximum absolute atomic E-state index is 12.9. The van der Waals surface area contributed by atoms with Crippen LogP contribution < -0.4 is 0 Å². The Bertz CT molecular complexity index is 446. The minimum absolute atomic E-state index is 0.126. The first-order chi connectivity index (χ1) is 8.68. The molecule has 0 N–H and O–H groups in total. The minimum atomic E-state index is 0.126. The van der Waals surface area contributed by atoms with E-state index in [4.69, 9.17) is 0 Å². The summed E-state index contributed by atoms with van der Waals surface area (Å²) in [6.45, 7) is 4.97. The van der Waals surface area contributed by atoms with E-state index in [-0.39, 0.29) is 5.41 Å². The van der Waals surface area contributed by atoms with Gasteiger partial charge in [0.25, 0.3) is 0 Å². The van der Waals surface area contributed by atoms with E-state index in [9.17, 15) is 4.79 Å². The number of nitrogens with zero attached hydrogens (tertiary/aromatic N) is 1. The van der Waals surface area contributed by atoms with Crippen molar-refractivity contribution in [2.75, 3.05) is 13.1 Å². The van der Waals surface area contributed by atoms with Crippen LogP contribution in [0.25, 0.3) is 0 Å². The molecule has 2 saturated heterocycles. The Morgan fingerprint density at radius 1 is 1.33 bits per heavy atom. The summed E-state index contributed by atoms with van der Waals surface area (Å²) in [5.41, 5.74) is 0.467. The standard InChI is InChI=1S/C16H23NO/c1-10-5-11-6-14(18)15-3-2-4-17-9-12(15)7-13(11)16(15,17)8-10/h10-13H,2-9H2,1H3/t10-,11+,12-,13-,15+,16-/m1/s1. The zero-order valence-electron chi connectivity index (χ0n) is 11.3. The van der Waals surface area contributed by atoms with Crippen LogP contribution >= 0.6 is 0 Å². The van der Waals surface area contributed by atoms with Gasteiger partial charge in [0.05, 0.1) is 5.41 Å². The Kier molecular flexibility index (Phi) is 1.66. The number of Topliss-reactive ketones (excluding diaryl/α,β-unsaturated/α-hetero) is 1. The number of hydrogen-bond acceptors (Lipinski definition) is 2. The molecule has 3 saturated carbocycles. The summed E-state index contributed by atoms with van der Waals surface area (Å²) in [5.74, 6) is 3.87. The van der Waals surface area contributed by atoms with Crippen molar-refractivity contribution < 1.29 is 4.79 Å². The molecule has 18 heavy (non-hydrogen) atoms. The smallest absolute Gasteiger partial charge is 0.141 e. The zero-order chi connectivity index (χ0) is 12.1. The molecule has 98 valence electrons. The molecular weight excluding hydrogens is 222 g/mol. The quantitative estimate of drug-likeness (QED) is 0.653. The largest absolute Gasteiger partial charge is 0.299 e. The van der Waals surface area contributed by atoms with E-state index in [0.29, 0.717) is 11.3 Å². The molecule has 6 bridgehead atoms. The summed E-state index contributed by atoms with van der Waals surface area (Å²) in [5, 5.41) is 0. The number of piperidine rings is 2. The monoisotopic (exact) mass is 245 g/mol. The van der Waals surface area contributed by atoms with Gasteiger partial charge >= 0.3 is 0 Å². The molecule has 2 nitrogen and oxygen atoms in total. The predicted octanol–water partition coefficient (Wildman–Crippen LogP) is 2.48. The molecule has 2 heterocycles. The van der Waals surface area contributed by atoms with E-state index >= 15 is 0 Å². The first-order valence-corrected chi connectivity index (χ1v) is 7.97. The number of rotatable bonds is 0. The van der Waals surface area contributed by atoms with Gasteiger partial charge in [0, 0.05) is 18.5 Å². The van der Waals surface area contributed by atoms with Crippen LogP contribution in [0.3, 0.4) is 0 Å². The second-order valence-electron chi connectivity index (χ2n) is 7.92. The molecule has 0 aromatic heterocycles. The molecule has 2 heteroatoms. The number of ketones is 1. The van der Waals surface area contributed by atoms with Crippen LogP contribution in [0.2, 0.25) is 0 Å². The zero-order valence-corrected chi connectivity index (χ0v) is 11.3. The van der Waals surface area contributed by atoms with Crippen LogP contribution in [-0.2, 0) is 4.79 Å². The number of carbonyl (C=O) groups excluding carboxylic acids is 1. The molecule has 0 amide bonds. The Labute approximate surface area is 109 Å². The summed E-state index contributed by atoms with van der Waals surface area (Å²) in [7, 11) is 0. The lowest BCUT2D eigenvalue weighted by Gasteiger charge is -2.62. The highest BCUT2D eigenvalue weighted by Gasteiger charge is 2.79. The number of hydrogen-bond donors (Lipinski definition) is 0. The van der Waals surface area contributed by atoms with Crippen LogP contribution in [0.5, 0.6) is 0 Å². The lowest BCUT2D eigenvalue weighted by Crippen LogP contribution is -2.68. The fraction of sp³-hybridized carbons (Fsp3) is 0.938. The summed E-state index contributed by atoms with van der Waals surface area (Å²) >= 11 is 0. The van der Waals surface area contributed by atoms with Gasteiger partial charge in [-0.05, 0) is 62.3 Å². The normalized spacial score (nSPS) is 64.3. The SMILES string of the molecule is C[C@@H]1C[C@H]2CC(=O)[C@]34CCCN5C[C@H]3C[C@H]2[C@@]54C1. The third-order valence-electron chi connectivity index (χ3n) is 7.50. The van der Waals surface area contributed by atoms with Gasteiger partial charge in [-0.1, -0.05) is 6.92 Å².